The molecule has 0 radical (unpaired) electrons. The standard InChI is InChI=1S/C15H17F3N2O/c1-11(19-2)14-4-3-9-20(14)10-12-5-7-13(8-6-12)21-15(16,17)18/h3-9,11,19H,10H2,1-2H3. The molecule has 1 heterocycles. The molecule has 1 aromatic heterocycles. The number of benzene rings is 1. The first-order valence-corrected chi connectivity index (χ1v) is 6.56. The summed E-state index contributed by atoms with van der Waals surface area (Å²) in [6, 6.07) is 10.1. The molecule has 0 bridgehead atoms. The summed E-state index contributed by atoms with van der Waals surface area (Å²) in [4.78, 5) is 0. The second-order valence-corrected chi connectivity index (χ2v) is 4.76. The van der Waals surface area contributed by atoms with Gasteiger partial charge in [0.25, 0.3) is 0 Å². The summed E-state index contributed by atoms with van der Waals surface area (Å²) in [5.41, 5.74) is 2.03. The molecule has 3 nitrogen and oxygen atoms in total. The first kappa shape index (κ1) is 15.4. The zero-order valence-electron chi connectivity index (χ0n) is 11.8. The van der Waals surface area contributed by atoms with Crippen molar-refractivity contribution in [3.8, 4) is 5.75 Å². The molecule has 0 saturated heterocycles. The van der Waals surface area contributed by atoms with Gasteiger partial charge in [-0.2, -0.15) is 0 Å². The van der Waals surface area contributed by atoms with E-state index in [0.717, 1.165) is 11.3 Å². The van der Waals surface area contributed by atoms with Crippen LogP contribution in [0.1, 0.15) is 24.2 Å². The predicted octanol–water partition coefficient (Wildman–Crippen LogP) is 3.72. The maximum absolute atomic E-state index is 12.1. The number of hydrogen-bond acceptors (Lipinski definition) is 2. The maximum atomic E-state index is 12.1. The van der Waals surface area contributed by atoms with Crippen LogP contribution < -0.4 is 10.1 Å². The summed E-state index contributed by atoms with van der Waals surface area (Å²) in [6.07, 6.45) is -2.71. The van der Waals surface area contributed by atoms with E-state index in [1.165, 1.54) is 12.1 Å². The summed E-state index contributed by atoms with van der Waals surface area (Å²) in [5.74, 6) is -0.206. The fraction of sp³-hybridized carbons (Fsp3) is 0.333. The van der Waals surface area contributed by atoms with E-state index in [0.29, 0.717) is 6.54 Å². The van der Waals surface area contributed by atoms with E-state index in [9.17, 15) is 13.2 Å². The molecular weight excluding hydrogens is 281 g/mol. The topological polar surface area (TPSA) is 26.2 Å². The largest absolute Gasteiger partial charge is 0.573 e. The predicted molar refractivity (Wildman–Crippen MR) is 74.1 cm³/mol. The summed E-state index contributed by atoms with van der Waals surface area (Å²) in [5, 5.41) is 3.16. The molecule has 0 saturated carbocycles. The lowest BCUT2D eigenvalue weighted by Crippen LogP contribution is -2.17. The van der Waals surface area contributed by atoms with Crippen LogP contribution in [0.5, 0.6) is 5.75 Å². The zero-order valence-corrected chi connectivity index (χ0v) is 11.8. The number of aromatic nitrogens is 1. The molecule has 0 aliphatic carbocycles. The molecule has 0 aliphatic rings. The Morgan fingerprint density at radius 1 is 1.19 bits per heavy atom. The molecule has 2 rings (SSSR count). The Hall–Kier alpha value is -1.95. The summed E-state index contributed by atoms with van der Waals surface area (Å²) >= 11 is 0. The third-order valence-corrected chi connectivity index (χ3v) is 3.25. The Morgan fingerprint density at radius 2 is 1.86 bits per heavy atom. The minimum atomic E-state index is -4.66. The van der Waals surface area contributed by atoms with Crippen LogP contribution in [0.2, 0.25) is 0 Å². The summed E-state index contributed by atoms with van der Waals surface area (Å²) < 4.78 is 42.2. The molecule has 1 atom stereocenters. The van der Waals surface area contributed by atoms with Gasteiger partial charge in [-0.25, -0.2) is 0 Å². The van der Waals surface area contributed by atoms with Gasteiger partial charge in [0, 0.05) is 24.5 Å². The Kier molecular flexibility index (Phi) is 4.57. The minimum Gasteiger partial charge on any atom is -0.406 e. The molecule has 0 aliphatic heterocycles. The van der Waals surface area contributed by atoms with Crippen molar-refractivity contribution in [3.05, 3.63) is 53.9 Å². The zero-order chi connectivity index (χ0) is 15.5. The van der Waals surface area contributed by atoms with Crippen LogP contribution in [0.3, 0.4) is 0 Å². The summed E-state index contributed by atoms with van der Waals surface area (Å²) in [6.45, 7) is 2.65. The number of ether oxygens (including phenoxy) is 1. The molecule has 0 fully saturated rings. The van der Waals surface area contributed by atoms with Crippen molar-refractivity contribution in [2.75, 3.05) is 7.05 Å². The van der Waals surface area contributed by atoms with Crippen LogP contribution in [0, 0.1) is 0 Å². The van der Waals surface area contributed by atoms with Gasteiger partial charge in [0.05, 0.1) is 0 Å². The Balaban J connectivity index is 2.09. The lowest BCUT2D eigenvalue weighted by atomic mass is 10.2. The second kappa shape index (κ2) is 6.22. The van der Waals surface area contributed by atoms with Crippen LogP contribution in [0.15, 0.2) is 42.6 Å². The van der Waals surface area contributed by atoms with Gasteiger partial charge in [-0.3, -0.25) is 0 Å². The van der Waals surface area contributed by atoms with E-state index in [2.05, 4.69) is 14.6 Å². The molecular formula is C15H17F3N2O. The van der Waals surface area contributed by atoms with Crippen LogP contribution in [-0.2, 0) is 6.54 Å². The number of halogens is 3. The lowest BCUT2D eigenvalue weighted by molar-refractivity contribution is -0.274. The maximum Gasteiger partial charge on any atom is 0.573 e. The van der Waals surface area contributed by atoms with Crippen LogP contribution >= 0.6 is 0 Å². The van der Waals surface area contributed by atoms with Gasteiger partial charge in [-0.05, 0) is 43.8 Å². The van der Waals surface area contributed by atoms with Crippen molar-refractivity contribution >= 4 is 0 Å². The molecule has 21 heavy (non-hydrogen) atoms. The van der Waals surface area contributed by atoms with Crippen LogP contribution in [0.25, 0.3) is 0 Å². The Morgan fingerprint density at radius 3 is 2.43 bits per heavy atom. The van der Waals surface area contributed by atoms with Crippen molar-refractivity contribution in [2.24, 2.45) is 0 Å². The highest BCUT2D eigenvalue weighted by atomic mass is 19.4. The average Bonchev–Trinajstić information content (AvgIpc) is 2.86. The van der Waals surface area contributed by atoms with Crippen LogP contribution in [0.4, 0.5) is 13.2 Å². The fourth-order valence-electron chi connectivity index (χ4n) is 2.11. The smallest absolute Gasteiger partial charge is 0.406 e. The van der Waals surface area contributed by atoms with Gasteiger partial charge < -0.3 is 14.6 Å². The van der Waals surface area contributed by atoms with Gasteiger partial charge in [-0.1, -0.05) is 12.1 Å². The molecule has 1 N–H and O–H groups in total. The van der Waals surface area contributed by atoms with Crippen molar-refractivity contribution in [3.63, 3.8) is 0 Å². The molecule has 6 heteroatoms. The van der Waals surface area contributed by atoms with E-state index in [1.54, 1.807) is 12.1 Å². The highest BCUT2D eigenvalue weighted by molar-refractivity contribution is 5.28. The molecule has 1 unspecified atom stereocenters. The van der Waals surface area contributed by atoms with Gasteiger partial charge >= 0.3 is 6.36 Å². The minimum absolute atomic E-state index is 0.202. The number of hydrogen-bond donors (Lipinski definition) is 1. The van der Waals surface area contributed by atoms with E-state index in [-0.39, 0.29) is 11.8 Å². The fourth-order valence-corrected chi connectivity index (χ4v) is 2.11. The van der Waals surface area contributed by atoms with Gasteiger partial charge in [0.1, 0.15) is 5.75 Å². The Bertz CT molecular complexity index is 575. The first-order chi connectivity index (χ1) is 9.89. The molecule has 114 valence electrons. The SMILES string of the molecule is CNC(C)c1cccn1Cc1ccc(OC(F)(F)F)cc1. The van der Waals surface area contributed by atoms with E-state index in [4.69, 9.17) is 0 Å². The lowest BCUT2D eigenvalue weighted by Gasteiger charge is -2.15. The highest BCUT2D eigenvalue weighted by Gasteiger charge is 2.30. The van der Waals surface area contributed by atoms with E-state index >= 15 is 0 Å². The third-order valence-electron chi connectivity index (χ3n) is 3.25. The van der Waals surface area contributed by atoms with Crippen molar-refractivity contribution in [1.29, 1.82) is 0 Å². The quantitative estimate of drug-likeness (QED) is 0.910. The van der Waals surface area contributed by atoms with Gasteiger partial charge in [0.15, 0.2) is 0 Å². The average molecular weight is 298 g/mol. The monoisotopic (exact) mass is 298 g/mol. The molecule has 0 spiro atoms. The second-order valence-electron chi connectivity index (χ2n) is 4.76. The first-order valence-electron chi connectivity index (χ1n) is 6.56. The third kappa shape index (κ3) is 4.26. The van der Waals surface area contributed by atoms with E-state index in [1.807, 2.05) is 32.3 Å². The number of rotatable bonds is 5. The Labute approximate surface area is 121 Å². The number of alkyl halides is 3. The molecule has 1 aromatic carbocycles. The van der Waals surface area contributed by atoms with Crippen molar-refractivity contribution < 1.29 is 17.9 Å². The van der Waals surface area contributed by atoms with Gasteiger partial charge in [-0.15, -0.1) is 13.2 Å². The number of nitrogens with zero attached hydrogens (tertiary/aromatic N) is 1. The van der Waals surface area contributed by atoms with Gasteiger partial charge in [0.2, 0.25) is 0 Å². The van der Waals surface area contributed by atoms with E-state index < -0.39 is 6.36 Å². The summed E-state index contributed by atoms with van der Waals surface area (Å²) in [7, 11) is 1.88. The number of nitrogens with one attached hydrogen (secondary N) is 1. The molecule has 2 aromatic rings. The van der Waals surface area contributed by atoms with Crippen molar-refractivity contribution in [2.45, 2.75) is 25.9 Å². The normalized spacial score (nSPS) is 13.2. The molecule has 0 amide bonds. The van der Waals surface area contributed by atoms with Crippen LogP contribution in [-0.4, -0.2) is 18.0 Å². The van der Waals surface area contributed by atoms with Crippen molar-refractivity contribution in [1.82, 2.24) is 9.88 Å². The highest BCUT2D eigenvalue weighted by Crippen LogP contribution is 2.23.